The third-order valence-electron chi connectivity index (χ3n) is 4.12. The minimum Gasteiger partial charge on any atom is -0.399 e. The number of hydrogen-bond acceptors (Lipinski definition) is 3. The highest BCUT2D eigenvalue weighted by molar-refractivity contribution is 7.89. The molecule has 20 heavy (non-hydrogen) atoms. The Balaban J connectivity index is 2.15. The van der Waals surface area contributed by atoms with Gasteiger partial charge in [-0.3, -0.25) is 0 Å². The summed E-state index contributed by atoms with van der Waals surface area (Å²) in [7, 11) is -3.72. The summed E-state index contributed by atoms with van der Waals surface area (Å²) in [5, 5.41) is 0. The molecule has 0 radical (unpaired) electrons. The van der Waals surface area contributed by atoms with Crippen LogP contribution in [0.25, 0.3) is 0 Å². The number of anilines is 1. The normalized spacial score (nSPS) is 27.4. The number of nitrogens with two attached hydrogens (primary N) is 1. The number of nitrogens with one attached hydrogen (secondary N) is 1. The minimum absolute atomic E-state index is 0.0873. The van der Waals surface area contributed by atoms with Crippen LogP contribution in [0.5, 0.6) is 0 Å². The molecule has 1 aromatic carbocycles. The van der Waals surface area contributed by atoms with Crippen molar-refractivity contribution in [2.75, 3.05) is 5.73 Å². The van der Waals surface area contributed by atoms with Crippen molar-refractivity contribution in [2.24, 2.45) is 11.8 Å². The van der Waals surface area contributed by atoms with Crippen LogP contribution in [0, 0.1) is 17.7 Å². The van der Waals surface area contributed by atoms with Gasteiger partial charge in [0.15, 0.2) is 0 Å². The molecule has 1 fully saturated rings. The summed E-state index contributed by atoms with van der Waals surface area (Å²) >= 11 is 0. The Morgan fingerprint density at radius 1 is 1.20 bits per heavy atom. The number of benzene rings is 1. The second-order valence-electron chi connectivity index (χ2n) is 5.81. The molecular formula is C14H21FN2O2S. The van der Waals surface area contributed by atoms with Crippen LogP contribution in [-0.2, 0) is 10.0 Å². The molecule has 0 saturated heterocycles. The fourth-order valence-electron chi connectivity index (χ4n) is 2.68. The predicted octanol–water partition coefficient (Wildman–Crippen LogP) is 2.51. The zero-order valence-electron chi connectivity index (χ0n) is 11.8. The second kappa shape index (κ2) is 5.69. The quantitative estimate of drug-likeness (QED) is 0.843. The van der Waals surface area contributed by atoms with Crippen LogP contribution in [0.1, 0.15) is 33.1 Å². The van der Waals surface area contributed by atoms with Crippen LogP contribution < -0.4 is 10.5 Å². The first-order valence-electron chi connectivity index (χ1n) is 6.86. The number of halogens is 1. The molecule has 1 aliphatic rings. The largest absolute Gasteiger partial charge is 0.399 e. The number of rotatable bonds is 3. The van der Waals surface area contributed by atoms with E-state index in [0.29, 0.717) is 11.8 Å². The Morgan fingerprint density at radius 3 is 2.50 bits per heavy atom. The van der Waals surface area contributed by atoms with Gasteiger partial charge in [0, 0.05) is 11.7 Å². The molecule has 1 aliphatic carbocycles. The zero-order chi connectivity index (χ0) is 14.9. The molecule has 0 heterocycles. The van der Waals surface area contributed by atoms with Gasteiger partial charge < -0.3 is 5.73 Å². The molecule has 0 bridgehead atoms. The third kappa shape index (κ3) is 3.49. The highest BCUT2D eigenvalue weighted by Crippen LogP contribution is 2.30. The Morgan fingerprint density at radius 2 is 1.90 bits per heavy atom. The second-order valence-corrected chi connectivity index (χ2v) is 7.52. The van der Waals surface area contributed by atoms with Gasteiger partial charge in [0.2, 0.25) is 10.0 Å². The Kier molecular flexibility index (Phi) is 4.34. The first-order chi connectivity index (χ1) is 9.28. The van der Waals surface area contributed by atoms with E-state index in [9.17, 15) is 12.8 Å². The molecule has 0 spiro atoms. The molecule has 3 atom stereocenters. The zero-order valence-corrected chi connectivity index (χ0v) is 12.6. The molecule has 4 nitrogen and oxygen atoms in total. The van der Waals surface area contributed by atoms with E-state index in [1.807, 2.05) is 0 Å². The van der Waals surface area contributed by atoms with Crippen LogP contribution in [0.2, 0.25) is 0 Å². The van der Waals surface area contributed by atoms with E-state index in [2.05, 4.69) is 18.6 Å². The van der Waals surface area contributed by atoms with E-state index >= 15 is 0 Å². The van der Waals surface area contributed by atoms with E-state index < -0.39 is 15.8 Å². The lowest BCUT2D eigenvalue weighted by atomic mass is 9.79. The van der Waals surface area contributed by atoms with E-state index in [4.69, 9.17) is 5.73 Å². The molecule has 3 N–H and O–H groups in total. The third-order valence-corrected chi connectivity index (χ3v) is 5.62. The average Bonchev–Trinajstić information content (AvgIpc) is 2.32. The molecule has 2 rings (SSSR count). The molecule has 1 aromatic rings. The minimum atomic E-state index is -3.72. The molecular weight excluding hydrogens is 279 g/mol. The smallest absolute Gasteiger partial charge is 0.240 e. The highest BCUT2D eigenvalue weighted by atomic mass is 32.2. The maximum absolute atomic E-state index is 13.3. The Labute approximate surface area is 119 Å². The predicted molar refractivity (Wildman–Crippen MR) is 77.1 cm³/mol. The standard InChI is InChI=1S/C14H21FN2O2S/c1-9-3-4-13(5-10(9)2)17-20(18,19)14-7-11(15)6-12(16)8-14/h6-10,13,17H,3-5,16H2,1-2H3. The van der Waals surface area contributed by atoms with Gasteiger partial charge in [0.1, 0.15) is 5.82 Å². The van der Waals surface area contributed by atoms with Gasteiger partial charge in [-0.2, -0.15) is 0 Å². The SMILES string of the molecule is CC1CCC(NS(=O)(=O)c2cc(N)cc(F)c2)CC1C. The van der Waals surface area contributed by atoms with E-state index in [1.165, 1.54) is 6.07 Å². The van der Waals surface area contributed by atoms with E-state index in [1.54, 1.807) is 0 Å². The van der Waals surface area contributed by atoms with Gasteiger partial charge in [0.05, 0.1) is 4.90 Å². The average molecular weight is 300 g/mol. The van der Waals surface area contributed by atoms with Crippen molar-refractivity contribution in [3.8, 4) is 0 Å². The fraction of sp³-hybridized carbons (Fsp3) is 0.571. The number of sulfonamides is 1. The summed E-state index contributed by atoms with van der Waals surface area (Å²) in [5.74, 6) is 0.450. The number of hydrogen-bond donors (Lipinski definition) is 2. The lowest BCUT2D eigenvalue weighted by Crippen LogP contribution is -2.39. The van der Waals surface area contributed by atoms with Crippen molar-refractivity contribution >= 4 is 15.7 Å². The van der Waals surface area contributed by atoms with Crippen LogP contribution >= 0.6 is 0 Å². The summed E-state index contributed by atoms with van der Waals surface area (Å²) < 4.78 is 40.5. The summed E-state index contributed by atoms with van der Waals surface area (Å²) in [5.41, 5.74) is 5.60. The van der Waals surface area contributed by atoms with Crippen molar-refractivity contribution in [2.45, 2.75) is 44.0 Å². The van der Waals surface area contributed by atoms with Gasteiger partial charge in [-0.25, -0.2) is 17.5 Å². The molecule has 0 amide bonds. The van der Waals surface area contributed by atoms with Gasteiger partial charge in [0.25, 0.3) is 0 Å². The van der Waals surface area contributed by atoms with Crippen molar-refractivity contribution in [3.05, 3.63) is 24.0 Å². The lowest BCUT2D eigenvalue weighted by molar-refractivity contribution is 0.242. The van der Waals surface area contributed by atoms with Gasteiger partial charge in [-0.05, 0) is 49.3 Å². The summed E-state index contributed by atoms with van der Waals surface area (Å²) in [6.45, 7) is 4.31. The summed E-state index contributed by atoms with van der Waals surface area (Å²) in [6.07, 6.45) is 2.63. The van der Waals surface area contributed by atoms with Crippen LogP contribution in [0.4, 0.5) is 10.1 Å². The molecule has 6 heteroatoms. The monoisotopic (exact) mass is 300 g/mol. The fourth-order valence-corrected chi connectivity index (χ4v) is 4.03. The van der Waals surface area contributed by atoms with Crippen LogP contribution in [0.3, 0.4) is 0 Å². The maximum atomic E-state index is 13.3. The molecule has 1 saturated carbocycles. The first-order valence-corrected chi connectivity index (χ1v) is 8.34. The topological polar surface area (TPSA) is 72.2 Å². The van der Waals surface area contributed by atoms with Crippen molar-refractivity contribution in [1.29, 1.82) is 0 Å². The van der Waals surface area contributed by atoms with Gasteiger partial charge in [-0.1, -0.05) is 13.8 Å². The van der Waals surface area contributed by atoms with E-state index in [-0.39, 0.29) is 16.6 Å². The lowest BCUT2D eigenvalue weighted by Gasteiger charge is -2.32. The first kappa shape index (κ1) is 15.3. The van der Waals surface area contributed by atoms with Crippen LogP contribution in [0.15, 0.2) is 23.1 Å². The van der Waals surface area contributed by atoms with Crippen molar-refractivity contribution < 1.29 is 12.8 Å². The Hall–Kier alpha value is -1.14. The molecule has 0 aliphatic heterocycles. The molecule has 0 aromatic heterocycles. The van der Waals surface area contributed by atoms with E-state index in [0.717, 1.165) is 31.4 Å². The number of nitrogen functional groups attached to an aromatic ring is 1. The maximum Gasteiger partial charge on any atom is 0.240 e. The molecule has 112 valence electrons. The molecule has 3 unspecified atom stereocenters. The summed E-state index contributed by atoms with van der Waals surface area (Å²) in [6, 6.07) is 3.28. The Bertz CT molecular complexity index is 569. The van der Waals surface area contributed by atoms with Crippen molar-refractivity contribution in [3.63, 3.8) is 0 Å². The van der Waals surface area contributed by atoms with Crippen LogP contribution in [-0.4, -0.2) is 14.5 Å². The van der Waals surface area contributed by atoms with Gasteiger partial charge >= 0.3 is 0 Å². The van der Waals surface area contributed by atoms with Gasteiger partial charge in [-0.15, -0.1) is 0 Å². The summed E-state index contributed by atoms with van der Waals surface area (Å²) in [4.78, 5) is -0.110. The highest BCUT2D eigenvalue weighted by Gasteiger charge is 2.28. The van der Waals surface area contributed by atoms with Crippen molar-refractivity contribution in [1.82, 2.24) is 4.72 Å².